The normalized spacial score (nSPS) is 21.1. The molecule has 1 aromatic rings. The van der Waals surface area contributed by atoms with E-state index in [2.05, 4.69) is 20.2 Å². The van der Waals surface area contributed by atoms with E-state index in [1.807, 2.05) is 6.20 Å². The molecule has 2 saturated heterocycles. The van der Waals surface area contributed by atoms with Crippen molar-refractivity contribution in [2.24, 2.45) is 5.92 Å². The highest BCUT2D eigenvalue weighted by atomic mass is 35.5. The number of hydrogen-bond acceptors (Lipinski definition) is 5. The maximum absolute atomic E-state index is 9.25. The second kappa shape index (κ2) is 7.92. The summed E-state index contributed by atoms with van der Waals surface area (Å²) in [4.78, 5) is 11.6. The van der Waals surface area contributed by atoms with E-state index in [0.29, 0.717) is 18.4 Å². The molecule has 1 aromatic heterocycles. The molecule has 0 saturated carbocycles. The van der Waals surface area contributed by atoms with Gasteiger partial charge in [-0.2, -0.15) is 0 Å². The lowest BCUT2D eigenvalue weighted by Crippen LogP contribution is -2.37. The molecule has 2 aliphatic rings. The predicted octanol–water partition coefficient (Wildman–Crippen LogP) is 1.57. The van der Waals surface area contributed by atoms with Gasteiger partial charge in [0.25, 0.3) is 0 Å². The molecule has 3 heterocycles. The van der Waals surface area contributed by atoms with E-state index in [-0.39, 0.29) is 12.4 Å². The van der Waals surface area contributed by atoms with Crippen molar-refractivity contribution in [2.45, 2.75) is 31.6 Å². The van der Waals surface area contributed by atoms with Gasteiger partial charge in [-0.3, -0.25) is 4.98 Å². The Kier molecular flexibility index (Phi) is 6.21. The molecule has 118 valence electrons. The molecule has 21 heavy (non-hydrogen) atoms. The quantitative estimate of drug-likeness (QED) is 0.887. The highest BCUT2D eigenvalue weighted by Gasteiger charge is 2.26. The number of aliphatic hydroxyl groups is 1. The van der Waals surface area contributed by atoms with Gasteiger partial charge >= 0.3 is 0 Å². The zero-order valence-corrected chi connectivity index (χ0v) is 13.2. The third-order valence-corrected chi connectivity index (χ3v) is 4.60. The van der Waals surface area contributed by atoms with Crippen molar-refractivity contribution in [3.8, 4) is 0 Å². The number of aliphatic hydroxyl groups excluding tert-OH is 1. The van der Waals surface area contributed by atoms with Gasteiger partial charge < -0.3 is 15.3 Å². The van der Waals surface area contributed by atoms with Crippen LogP contribution in [0.4, 0.5) is 5.82 Å². The summed E-state index contributed by atoms with van der Waals surface area (Å²) in [5, 5.41) is 12.7. The van der Waals surface area contributed by atoms with E-state index in [1.54, 1.807) is 6.20 Å². The molecule has 0 spiro atoms. The third kappa shape index (κ3) is 3.84. The molecule has 0 radical (unpaired) electrons. The van der Waals surface area contributed by atoms with Crippen molar-refractivity contribution in [3.63, 3.8) is 0 Å². The Morgan fingerprint density at radius 2 is 1.76 bits per heavy atom. The highest BCUT2D eigenvalue weighted by Crippen LogP contribution is 2.31. The average Bonchev–Trinajstić information content (AvgIpc) is 2.56. The molecule has 3 rings (SSSR count). The van der Waals surface area contributed by atoms with Crippen LogP contribution in [0.2, 0.25) is 0 Å². The first-order valence-corrected chi connectivity index (χ1v) is 7.76. The summed E-state index contributed by atoms with van der Waals surface area (Å²) in [6, 6.07) is 0. The van der Waals surface area contributed by atoms with E-state index in [9.17, 15) is 5.11 Å². The fourth-order valence-corrected chi connectivity index (χ4v) is 3.30. The van der Waals surface area contributed by atoms with E-state index < -0.39 is 0 Å². The predicted molar refractivity (Wildman–Crippen MR) is 86.1 cm³/mol. The van der Waals surface area contributed by atoms with Gasteiger partial charge in [-0.25, -0.2) is 4.98 Å². The SMILES string of the molecule is Cl.OCC1CCN(c2nccnc2C2CCNCC2)CC1. The number of aromatic nitrogens is 2. The Labute approximate surface area is 132 Å². The van der Waals surface area contributed by atoms with Crippen LogP contribution < -0.4 is 10.2 Å². The van der Waals surface area contributed by atoms with Gasteiger partial charge in [0.2, 0.25) is 0 Å². The summed E-state index contributed by atoms with van der Waals surface area (Å²) in [5.41, 5.74) is 1.18. The van der Waals surface area contributed by atoms with Crippen molar-refractivity contribution < 1.29 is 5.11 Å². The second-order valence-corrected chi connectivity index (χ2v) is 5.90. The van der Waals surface area contributed by atoms with Crippen molar-refractivity contribution >= 4 is 18.2 Å². The van der Waals surface area contributed by atoms with Crippen LogP contribution in [0.15, 0.2) is 12.4 Å². The Hall–Kier alpha value is -0.910. The molecule has 0 aliphatic carbocycles. The minimum Gasteiger partial charge on any atom is -0.396 e. The molecule has 0 atom stereocenters. The van der Waals surface area contributed by atoms with Gasteiger partial charge in [0, 0.05) is 38.0 Å². The van der Waals surface area contributed by atoms with E-state index in [4.69, 9.17) is 0 Å². The van der Waals surface area contributed by atoms with Crippen LogP contribution in [0.25, 0.3) is 0 Å². The maximum atomic E-state index is 9.25. The number of anilines is 1. The second-order valence-electron chi connectivity index (χ2n) is 5.90. The Morgan fingerprint density at radius 1 is 1.10 bits per heavy atom. The van der Waals surface area contributed by atoms with E-state index in [1.165, 1.54) is 5.69 Å². The van der Waals surface area contributed by atoms with Crippen LogP contribution >= 0.6 is 12.4 Å². The molecule has 2 fully saturated rings. The molecule has 5 nitrogen and oxygen atoms in total. The van der Waals surface area contributed by atoms with Crippen LogP contribution in [-0.4, -0.2) is 47.9 Å². The fraction of sp³-hybridized carbons (Fsp3) is 0.733. The van der Waals surface area contributed by atoms with E-state index in [0.717, 1.165) is 57.7 Å². The molecule has 0 amide bonds. The van der Waals surface area contributed by atoms with Gasteiger partial charge in [0.1, 0.15) is 0 Å². The van der Waals surface area contributed by atoms with Crippen LogP contribution in [-0.2, 0) is 0 Å². The molecular formula is C15H25ClN4O. The van der Waals surface area contributed by atoms with Gasteiger partial charge in [0.15, 0.2) is 5.82 Å². The molecule has 0 aromatic carbocycles. The molecular weight excluding hydrogens is 288 g/mol. The van der Waals surface area contributed by atoms with Gasteiger partial charge in [-0.1, -0.05) is 0 Å². The first-order valence-electron chi connectivity index (χ1n) is 7.76. The van der Waals surface area contributed by atoms with Crippen molar-refractivity contribution in [3.05, 3.63) is 18.1 Å². The highest BCUT2D eigenvalue weighted by molar-refractivity contribution is 5.85. The molecule has 2 aliphatic heterocycles. The smallest absolute Gasteiger partial charge is 0.150 e. The number of rotatable bonds is 3. The minimum absolute atomic E-state index is 0. The molecule has 0 bridgehead atoms. The largest absolute Gasteiger partial charge is 0.396 e. The zero-order chi connectivity index (χ0) is 13.8. The number of piperidine rings is 2. The standard InChI is InChI=1S/C15H24N4O.ClH/c20-11-12-3-9-19(10-4-12)15-14(17-7-8-18-15)13-1-5-16-6-2-13;/h7-8,12-13,16,20H,1-6,9-11H2;1H. The van der Waals surface area contributed by atoms with E-state index >= 15 is 0 Å². The molecule has 0 unspecified atom stereocenters. The third-order valence-electron chi connectivity index (χ3n) is 4.60. The summed E-state index contributed by atoms with van der Waals surface area (Å²) in [6.45, 7) is 4.44. The van der Waals surface area contributed by atoms with Gasteiger partial charge in [-0.05, 0) is 44.7 Å². The Morgan fingerprint density at radius 3 is 2.43 bits per heavy atom. The first kappa shape index (κ1) is 16.5. The van der Waals surface area contributed by atoms with Gasteiger partial charge in [-0.15, -0.1) is 12.4 Å². The topological polar surface area (TPSA) is 61.3 Å². The summed E-state index contributed by atoms with van der Waals surface area (Å²) in [6.07, 6.45) is 8.04. The lowest BCUT2D eigenvalue weighted by atomic mass is 9.93. The molecule has 6 heteroatoms. The minimum atomic E-state index is 0. The van der Waals surface area contributed by atoms with Crippen molar-refractivity contribution in [1.82, 2.24) is 15.3 Å². The monoisotopic (exact) mass is 312 g/mol. The van der Waals surface area contributed by atoms with Gasteiger partial charge in [0.05, 0.1) is 5.69 Å². The Bertz CT molecular complexity index is 431. The summed E-state index contributed by atoms with van der Waals surface area (Å²) in [5.74, 6) is 2.08. The fourth-order valence-electron chi connectivity index (χ4n) is 3.30. The van der Waals surface area contributed by atoms with Crippen molar-refractivity contribution in [1.29, 1.82) is 0 Å². The number of nitrogens with one attached hydrogen (secondary N) is 1. The lowest BCUT2D eigenvalue weighted by molar-refractivity contribution is 0.202. The molecule has 2 N–H and O–H groups in total. The Balaban J connectivity index is 0.00000161. The number of hydrogen-bond donors (Lipinski definition) is 2. The van der Waals surface area contributed by atoms with Crippen molar-refractivity contribution in [2.75, 3.05) is 37.7 Å². The average molecular weight is 313 g/mol. The first-order chi connectivity index (χ1) is 9.88. The number of halogens is 1. The lowest BCUT2D eigenvalue weighted by Gasteiger charge is -2.34. The summed E-state index contributed by atoms with van der Waals surface area (Å²) < 4.78 is 0. The summed E-state index contributed by atoms with van der Waals surface area (Å²) in [7, 11) is 0. The van der Waals surface area contributed by atoms with Crippen LogP contribution in [0.5, 0.6) is 0 Å². The van der Waals surface area contributed by atoms with Crippen LogP contribution in [0, 0.1) is 5.92 Å². The number of nitrogens with zero attached hydrogens (tertiary/aromatic N) is 3. The zero-order valence-electron chi connectivity index (χ0n) is 12.4. The van der Waals surface area contributed by atoms with Crippen LogP contribution in [0.1, 0.15) is 37.3 Å². The maximum Gasteiger partial charge on any atom is 0.150 e. The summed E-state index contributed by atoms with van der Waals surface area (Å²) >= 11 is 0. The van der Waals surface area contributed by atoms with Crippen LogP contribution in [0.3, 0.4) is 0 Å².